The third-order valence-electron chi connectivity index (χ3n) is 8.51. The second-order valence-corrected chi connectivity index (χ2v) is 12.2. The van der Waals surface area contributed by atoms with Gasteiger partial charge in [0.05, 0.1) is 0 Å². The summed E-state index contributed by atoms with van der Waals surface area (Å²) in [6, 6.07) is 53.2. The molecule has 0 atom stereocenters. The van der Waals surface area contributed by atoms with Crippen LogP contribution in [0.2, 0.25) is 0 Å². The van der Waals surface area contributed by atoms with Gasteiger partial charge in [0.25, 0.3) is 0 Å². The molecule has 0 aliphatic rings. The lowest BCUT2D eigenvalue weighted by atomic mass is 10.0. The molecular weight excluding hydrogens is 613 g/mol. The van der Waals surface area contributed by atoms with Gasteiger partial charge < -0.3 is 0 Å². The van der Waals surface area contributed by atoms with E-state index in [0.29, 0.717) is 34.9 Å². The maximum atomic E-state index is 4.93. The van der Waals surface area contributed by atoms with Gasteiger partial charge in [0, 0.05) is 33.4 Å². The Morgan fingerprint density at radius 1 is 0.240 bits per heavy atom. The molecule has 0 unspecified atom stereocenters. The highest BCUT2D eigenvalue weighted by atomic mass is 15.0. The first-order chi connectivity index (χ1) is 24.6. The second kappa shape index (κ2) is 13.5. The summed E-state index contributed by atoms with van der Waals surface area (Å²) in [5.41, 5.74) is 10.1. The van der Waals surface area contributed by atoms with Gasteiger partial charge in [-0.2, -0.15) is 0 Å². The number of rotatable bonds is 7. The Bertz CT molecular complexity index is 2300. The third-order valence-corrected chi connectivity index (χ3v) is 8.51. The van der Waals surface area contributed by atoms with Gasteiger partial charge in [-0.3, -0.25) is 0 Å². The predicted octanol–water partition coefficient (Wildman–Crippen LogP) is 10.3. The first kappa shape index (κ1) is 30.7. The van der Waals surface area contributed by atoms with Crippen molar-refractivity contribution < 1.29 is 0 Å². The van der Waals surface area contributed by atoms with Crippen molar-refractivity contribution in [3.8, 4) is 79.5 Å². The molecule has 8 rings (SSSR count). The molecule has 50 heavy (non-hydrogen) atoms. The van der Waals surface area contributed by atoms with E-state index in [1.165, 1.54) is 0 Å². The molecule has 8 aromatic rings. The molecule has 0 aliphatic carbocycles. The summed E-state index contributed by atoms with van der Waals surface area (Å²) in [7, 11) is 0. The summed E-state index contributed by atoms with van der Waals surface area (Å²) < 4.78 is 0. The third kappa shape index (κ3) is 6.55. The van der Waals surface area contributed by atoms with Crippen molar-refractivity contribution in [2.75, 3.05) is 0 Å². The SMILES string of the molecule is Cc1cccc(-c2nc(-c3ccc(-c4ccc(-c5nc(-c6ccccc6)nc(-c6ccccc6)n5)cc4)cc3)nc(-c3cccc(C)c3)n2)c1. The van der Waals surface area contributed by atoms with Crippen molar-refractivity contribution in [1.82, 2.24) is 29.9 Å². The smallest absolute Gasteiger partial charge is 0.164 e. The zero-order valence-electron chi connectivity index (χ0n) is 27.7. The number of nitrogens with zero attached hydrogens (tertiary/aromatic N) is 6. The van der Waals surface area contributed by atoms with Gasteiger partial charge in [-0.15, -0.1) is 0 Å². The van der Waals surface area contributed by atoms with E-state index in [9.17, 15) is 0 Å². The highest BCUT2D eigenvalue weighted by Gasteiger charge is 2.15. The molecule has 6 nitrogen and oxygen atoms in total. The van der Waals surface area contributed by atoms with Crippen LogP contribution in [-0.2, 0) is 0 Å². The molecule has 0 aliphatic heterocycles. The molecule has 6 heteroatoms. The number of aromatic nitrogens is 6. The van der Waals surface area contributed by atoms with Gasteiger partial charge in [-0.25, -0.2) is 29.9 Å². The average molecular weight is 645 g/mol. The quantitative estimate of drug-likeness (QED) is 0.172. The molecule has 238 valence electrons. The van der Waals surface area contributed by atoms with Crippen LogP contribution >= 0.6 is 0 Å². The van der Waals surface area contributed by atoms with E-state index in [4.69, 9.17) is 29.9 Å². The zero-order valence-corrected chi connectivity index (χ0v) is 27.7. The number of benzene rings is 6. The molecule has 0 amide bonds. The largest absolute Gasteiger partial charge is 0.208 e. The Hall–Kier alpha value is -6.66. The van der Waals surface area contributed by atoms with E-state index < -0.39 is 0 Å². The van der Waals surface area contributed by atoms with Gasteiger partial charge in [0.2, 0.25) is 0 Å². The van der Waals surface area contributed by atoms with Crippen LogP contribution in [0.1, 0.15) is 11.1 Å². The van der Waals surface area contributed by atoms with Crippen LogP contribution < -0.4 is 0 Å². The minimum Gasteiger partial charge on any atom is -0.208 e. The first-order valence-electron chi connectivity index (χ1n) is 16.5. The predicted molar refractivity (Wildman–Crippen MR) is 201 cm³/mol. The summed E-state index contributed by atoms with van der Waals surface area (Å²) in [5.74, 6) is 3.85. The Morgan fingerprint density at radius 2 is 0.500 bits per heavy atom. The van der Waals surface area contributed by atoms with E-state index in [1.807, 2.05) is 84.9 Å². The molecule has 6 aromatic carbocycles. The fourth-order valence-electron chi connectivity index (χ4n) is 5.89. The Morgan fingerprint density at radius 3 is 0.820 bits per heavy atom. The standard InChI is InChI=1S/C44H32N6/c1-29-11-9-17-37(27-29)43-48-42(49-44(50-43)38-18-10-12-30(2)28-38)36-25-21-32(22-26-36)31-19-23-35(24-20-31)41-46-39(33-13-5-3-6-14-33)45-40(47-41)34-15-7-4-8-16-34/h3-28H,1-2H3. The summed E-state index contributed by atoms with van der Waals surface area (Å²) in [6.07, 6.45) is 0. The molecule has 2 heterocycles. The maximum absolute atomic E-state index is 4.93. The van der Waals surface area contributed by atoms with Crippen molar-refractivity contribution in [2.24, 2.45) is 0 Å². The molecule has 2 aromatic heterocycles. The van der Waals surface area contributed by atoms with Crippen molar-refractivity contribution >= 4 is 0 Å². The van der Waals surface area contributed by atoms with Crippen molar-refractivity contribution in [1.29, 1.82) is 0 Å². The van der Waals surface area contributed by atoms with Crippen LogP contribution in [0.3, 0.4) is 0 Å². The van der Waals surface area contributed by atoms with Crippen molar-refractivity contribution in [3.63, 3.8) is 0 Å². The molecule has 0 radical (unpaired) electrons. The Labute approximate surface area is 291 Å². The van der Waals surface area contributed by atoms with Crippen LogP contribution in [0.25, 0.3) is 79.5 Å². The molecule has 0 saturated carbocycles. The van der Waals surface area contributed by atoms with Gasteiger partial charge in [0.15, 0.2) is 34.9 Å². The van der Waals surface area contributed by atoms with E-state index in [2.05, 4.69) is 86.6 Å². The molecule has 0 spiro atoms. The molecule has 0 N–H and O–H groups in total. The number of hydrogen-bond donors (Lipinski definition) is 0. The maximum Gasteiger partial charge on any atom is 0.164 e. The topological polar surface area (TPSA) is 77.3 Å². The zero-order chi connectivity index (χ0) is 33.9. The van der Waals surface area contributed by atoms with Crippen LogP contribution in [0.5, 0.6) is 0 Å². The van der Waals surface area contributed by atoms with E-state index in [1.54, 1.807) is 0 Å². The molecular formula is C44H32N6. The van der Waals surface area contributed by atoms with E-state index in [-0.39, 0.29) is 0 Å². The van der Waals surface area contributed by atoms with E-state index in [0.717, 1.165) is 55.6 Å². The van der Waals surface area contributed by atoms with Crippen LogP contribution in [0.4, 0.5) is 0 Å². The van der Waals surface area contributed by atoms with E-state index >= 15 is 0 Å². The number of aryl methyl sites for hydroxylation is 2. The fraction of sp³-hybridized carbons (Fsp3) is 0.0455. The van der Waals surface area contributed by atoms with Crippen LogP contribution in [0.15, 0.2) is 158 Å². The minimum atomic E-state index is 0.628. The van der Waals surface area contributed by atoms with Gasteiger partial charge in [0.1, 0.15) is 0 Å². The van der Waals surface area contributed by atoms with Crippen molar-refractivity contribution in [2.45, 2.75) is 13.8 Å². The number of hydrogen-bond acceptors (Lipinski definition) is 6. The second-order valence-electron chi connectivity index (χ2n) is 12.2. The lowest BCUT2D eigenvalue weighted by Gasteiger charge is -2.10. The summed E-state index contributed by atoms with van der Waals surface area (Å²) >= 11 is 0. The molecule has 0 fully saturated rings. The van der Waals surface area contributed by atoms with Gasteiger partial charge in [-0.05, 0) is 37.1 Å². The first-order valence-corrected chi connectivity index (χ1v) is 16.5. The molecule has 0 saturated heterocycles. The minimum absolute atomic E-state index is 0.628. The highest BCUT2D eigenvalue weighted by Crippen LogP contribution is 2.30. The average Bonchev–Trinajstić information content (AvgIpc) is 3.18. The lowest BCUT2D eigenvalue weighted by Crippen LogP contribution is -2.00. The summed E-state index contributed by atoms with van der Waals surface area (Å²) in [6.45, 7) is 4.15. The van der Waals surface area contributed by atoms with Crippen LogP contribution in [0, 0.1) is 13.8 Å². The Balaban J connectivity index is 1.12. The monoisotopic (exact) mass is 644 g/mol. The fourth-order valence-corrected chi connectivity index (χ4v) is 5.89. The van der Waals surface area contributed by atoms with Gasteiger partial charge in [-0.1, -0.05) is 157 Å². The summed E-state index contributed by atoms with van der Waals surface area (Å²) in [5, 5.41) is 0. The van der Waals surface area contributed by atoms with Crippen molar-refractivity contribution in [3.05, 3.63) is 169 Å². The van der Waals surface area contributed by atoms with Crippen LogP contribution in [-0.4, -0.2) is 29.9 Å². The highest BCUT2D eigenvalue weighted by molar-refractivity contribution is 5.73. The lowest BCUT2D eigenvalue weighted by molar-refractivity contribution is 1.07. The molecule has 0 bridgehead atoms. The normalized spacial score (nSPS) is 11.0. The summed E-state index contributed by atoms with van der Waals surface area (Å²) in [4.78, 5) is 29.3. The Kier molecular flexibility index (Phi) is 8.25. The van der Waals surface area contributed by atoms with Gasteiger partial charge >= 0.3 is 0 Å².